The molecular weight excluding hydrogens is 342 g/mol. The van der Waals surface area contributed by atoms with Gasteiger partial charge in [-0.05, 0) is 31.5 Å². The molecule has 0 aliphatic heterocycles. The van der Waals surface area contributed by atoms with Crippen molar-refractivity contribution in [1.29, 1.82) is 0 Å². The molecule has 1 aromatic carbocycles. The molecule has 0 saturated heterocycles. The van der Waals surface area contributed by atoms with Gasteiger partial charge in [-0.1, -0.05) is 22.8 Å². The van der Waals surface area contributed by atoms with Crippen LogP contribution in [0, 0.1) is 13.8 Å². The number of rotatable bonds is 5. The number of hydrogen-bond donors (Lipinski definition) is 1. The fraction of sp³-hybridized carbons (Fsp3) is 0.286. The number of hydrogen-bond acceptors (Lipinski definition) is 5. The first-order valence-corrected chi connectivity index (χ1v) is 8.87. The lowest BCUT2D eigenvalue weighted by Crippen LogP contribution is -2.37. The fourth-order valence-electron chi connectivity index (χ4n) is 1.99. The number of nitrogens with one attached hydrogen (secondary N) is 1. The second kappa shape index (κ2) is 6.59. The van der Waals surface area contributed by atoms with Gasteiger partial charge in [-0.2, -0.15) is 0 Å². The van der Waals surface area contributed by atoms with Gasteiger partial charge in [0.05, 0.1) is 11.9 Å². The summed E-state index contributed by atoms with van der Waals surface area (Å²) in [7, 11) is -3.67. The van der Waals surface area contributed by atoms with Gasteiger partial charge in [0.25, 0.3) is 0 Å². The minimum Gasteiger partial charge on any atom is -0.360 e. The summed E-state index contributed by atoms with van der Waals surface area (Å²) in [5, 5.41) is 6.54. The first kappa shape index (κ1) is 17.3. The minimum atomic E-state index is -3.67. The third-order valence-corrected chi connectivity index (χ3v) is 4.63. The normalized spacial score (nSPS) is 11.3. The fourth-order valence-corrected chi connectivity index (χ4v) is 3.06. The molecule has 0 saturated carbocycles. The zero-order chi connectivity index (χ0) is 17.2. The lowest BCUT2D eigenvalue weighted by atomic mass is 10.2. The number of aryl methyl sites for hydroxylation is 1. The maximum Gasteiger partial charge on any atom is 0.246 e. The molecular formula is C14H16ClN3O4S. The van der Waals surface area contributed by atoms with Crippen molar-refractivity contribution in [2.75, 3.05) is 22.4 Å². The van der Waals surface area contributed by atoms with Crippen molar-refractivity contribution in [3.05, 3.63) is 40.6 Å². The van der Waals surface area contributed by atoms with E-state index in [2.05, 4.69) is 10.5 Å². The summed E-state index contributed by atoms with van der Waals surface area (Å²) >= 11 is 6.03. The molecule has 1 aromatic heterocycles. The van der Waals surface area contributed by atoms with Crippen LogP contribution in [0.15, 0.2) is 28.8 Å². The van der Waals surface area contributed by atoms with Gasteiger partial charge in [0.15, 0.2) is 5.82 Å². The van der Waals surface area contributed by atoms with Crippen LogP contribution < -0.4 is 9.62 Å². The third-order valence-electron chi connectivity index (χ3n) is 3.09. The second-order valence-corrected chi connectivity index (χ2v) is 7.34. The predicted molar refractivity (Wildman–Crippen MR) is 88.2 cm³/mol. The van der Waals surface area contributed by atoms with Crippen LogP contribution in [0.3, 0.4) is 0 Å². The number of amides is 1. The van der Waals surface area contributed by atoms with Gasteiger partial charge < -0.3 is 9.84 Å². The van der Waals surface area contributed by atoms with E-state index in [1.54, 1.807) is 32.0 Å². The van der Waals surface area contributed by atoms with Crippen molar-refractivity contribution in [2.24, 2.45) is 0 Å². The molecule has 7 nitrogen and oxygen atoms in total. The van der Waals surface area contributed by atoms with Crippen molar-refractivity contribution >= 4 is 39.0 Å². The molecule has 124 valence electrons. The second-order valence-electron chi connectivity index (χ2n) is 5.02. The van der Waals surface area contributed by atoms with Crippen LogP contribution in [0.25, 0.3) is 0 Å². The quantitative estimate of drug-likeness (QED) is 0.886. The molecule has 23 heavy (non-hydrogen) atoms. The highest BCUT2D eigenvalue weighted by Gasteiger charge is 2.23. The summed E-state index contributed by atoms with van der Waals surface area (Å²) < 4.78 is 30.0. The largest absolute Gasteiger partial charge is 0.360 e. The Labute approximate surface area is 139 Å². The van der Waals surface area contributed by atoms with Crippen LogP contribution in [0.2, 0.25) is 5.02 Å². The van der Waals surface area contributed by atoms with E-state index < -0.39 is 22.5 Å². The van der Waals surface area contributed by atoms with Gasteiger partial charge >= 0.3 is 0 Å². The smallest absolute Gasteiger partial charge is 0.246 e. The van der Waals surface area contributed by atoms with E-state index in [1.165, 1.54) is 6.07 Å². The Morgan fingerprint density at radius 1 is 1.39 bits per heavy atom. The molecule has 0 aliphatic carbocycles. The number of benzene rings is 1. The number of carbonyl (C=O) groups is 1. The molecule has 2 aromatic rings. The van der Waals surface area contributed by atoms with Gasteiger partial charge in [-0.3, -0.25) is 9.10 Å². The number of carbonyl (C=O) groups excluding carboxylic acids is 1. The van der Waals surface area contributed by atoms with E-state index in [0.29, 0.717) is 22.0 Å². The number of aromatic nitrogens is 1. The molecule has 1 amide bonds. The van der Waals surface area contributed by atoms with Crippen LogP contribution in [0.4, 0.5) is 11.5 Å². The van der Waals surface area contributed by atoms with E-state index in [1.807, 2.05) is 0 Å². The highest BCUT2D eigenvalue weighted by Crippen LogP contribution is 2.28. The Morgan fingerprint density at radius 2 is 2.09 bits per heavy atom. The van der Waals surface area contributed by atoms with Crippen LogP contribution in [0.5, 0.6) is 0 Å². The minimum absolute atomic E-state index is 0.226. The van der Waals surface area contributed by atoms with Gasteiger partial charge in [-0.15, -0.1) is 0 Å². The van der Waals surface area contributed by atoms with Crippen LogP contribution >= 0.6 is 11.6 Å². The summed E-state index contributed by atoms with van der Waals surface area (Å²) in [4.78, 5) is 12.1. The molecule has 1 N–H and O–H groups in total. The molecule has 0 unspecified atom stereocenters. The van der Waals surface area contributed by atoms with E-state index in [4.69, 9.17) is 16.1 Å². The summed E-state index contributed by atoms with van der Waals surface area (Å²) in [6.07, 6.45) is 1.03. The highest BCUT2D eigenvalue weighted by molar-refractivity contribution is 7.92. The van der Waals surface area contributed by atoms with Gasteiger partial charge in [0.2, 0.25) is 15.9 Å². The van der Waals surface area contributed by atoms with E-state index in [-0.39, 0.29) is 5.82 Å². The zero-order valence-electron chi connectivity index (χ0n) is 12.8. The maximum absolute atomic E-state index is 12.1. The molecule has 0 fully saturated rings. The van der Waals surface area contributed by atoms with Crippen LogP contribution in [-0.4, -0.2) is 32.3 Å². The van der Waals surface area contributed by atoms with Crippen molar-refractivity contribution in [3.8, 4) is 0 Å². The lowest BCUT2D eigenvalue weighted by Gasteiger charge is -2.23. The lowest BCUT2D eigenvalue weighted by molar-refractivity contribution is -0.114. The molecule has 1 heterocycles. The predicted octanol–water partition coefficient (Wildman–Crippen LogP) is 2.35. The maximum atomic E-state index is 12.1. The Bertz CT molecular complexity index is 832. The van der Waals surface area contributed by atoms with Crippen molar-refractivity contribution in [3.63, 3.8) is 0 Å². The SMILES string of the molecule is Cc1cc(NC(=O)CN(c2cccc(Cl)c2C)S(C)(=O)=O)no1. The van der Waals surface area contributed by atoms with Crippen molar-refractivity contribution in [1.82, 2.24) is 5.16 Å². The molecule has 0 aliphatic rings. The molecule has 0 radical (unpaired) electrons. The standard InChI is InChI=1S/C14H16ClN3O4S/c1-9-7-13(17-22-9)16-14(19)8-18(23(3,20)21)12-6-4-5-11(15)10(12)2/h4-7H,8H2,1-3H3,(H,16,17,19). The average Bonchev–Trinajstić information content (AvgIpc) is 2.84. The first-order chi connectivity index (χ1) is 10.7. The Kier molecular flexibility index (Phi) is 4.96. The summed E-state index contributed by atoms with van der Waals surface area (Å²) in [5.74, 6) is 0.220. The van der Waals surface area contributed by atoms with Gasteiger partial charge in [0, 0.05) is 11.1 Å². The Morgan fingerprint density at radius 3 is 2.65 bits per heavy atom. The highest BCUT2D eigenvalue weighted by atomic mass is 35.5. The third kappa shape index (κ3) is 4.23. The van der Waals surface area contributed by atoms with E-state index in [0.717, 1.165) is 10.6 Å². The van der Waals surface area contributed by atoms with Gasteiger partial charge in [0.1, 0.15) is 12.3 Å². The van der Waals surface area contributed by atoms with E-state index in [9.17, 15) is 13.2 Å². The number of sulfonamides is 1. The molecule has 9 heteroatoms. The number of nitrogens with zero attached hydrogens (tertiary/aromatic N) is 2. The zero-order valence-corrected chi connectivity index (χ0v) is 14.4. The first-order valence-electron chi connectivity index (χ1n) is 6.64. The average molecular weight is 358 g/mol. The number of halogens is 1. The van der Waals surface area contributed by atoms with Crippen molar-refractivity contribution < 1.29 is 17.7 Å². The summed E-state index contributed by atoms with van der Waals surface area (Å²) in [6, 6.07) is 6.41. The number of anilines is 2. The van der Waals surface area contributed by atoms with Crippen LogP contribution in [0.1, 0.15) is 11.3 Å². The van der Waals surface area contributed by atoms with Gasteiger partial charge in [-0.25, -0.2) is 8.42 Å². The molecule has 0 atom stereocenters. The Hall–Kier alpha value is -2.06. The molecule has 0 bridgehead atoms. The molecule has 2 rings (SSSR count). The van der Waals surface area contributed by atoms with Crippen LogP contribution in [-0.2, 0) is 14.8 Å². The topological polar surface area (TPSA) is 92.5 Å². The molecule has 0 spiro atoms. The van der Waals surface area contributed by atoms with Crippen molar-refractivity contribution in [2.45, 2.75) is 13.8 Å². The summed E-state index contributed by atoms with van der Waals surface area (Å²) in [5.41, 5.74) is 0.927. The van der Waals surface area contributed by atoms with E-state index >= 15 is 0 Å². The Balaban J connectivity index is 2.26. The summed E-state index contributed by atoms with van der Waals surface area (Å²) in [6.45, 7) is 2.97. The monoisotopic (exact) mass is 357 g/mol.